The van der Waals surface area contributed by atoms with Crippen LogP contribution in [0.1, 0.15) is 19.4 Å². The van der Waals surface area contributed by atoms with E-state index in [1.807, 2.05) is 32.0 Å². The van der Waals surface area contributed by atoms with E-state index < -0.39 is 0 Å². The third-order valence-corrected chi connectivity index (χ3v) is 2.12. The second-order valence-corrected chi connectivity index (χ2v) is 4.83. The maximum Gasteiger partial charge on any atom is 0.119 e. The second kappa shape index (κ2) is 5.87. The zero-order valence-electron chi connectivity index (χ0n) is 10.4. The van der Waals surface area contributed by atoms with Gasteiger partial charge in [-0.3, -0.25) is 0 Å². The van der Waals surface area contributed by atoms with Gasteiger partial charge in [0, 0.05) is 18.6 Å². The monoisotopic (exact) mass is 222 g/mol. The maximum atomic E-state index is 5.85. The number of rotatable bonds is 6. The molecule has 0 saturated carbocycles. The summed E-state index contributed by atoms with van der Waals surface area (Å²) < 4.78 is 5.60. The van der Waals surface area contributed by atoms with Crippen molar-refractivity contribution in [1.82, 2.24) is 5.32 Å². The number of nitrogens with two attached hydrogens (primary N) is 1. The molecule has 0 spiro atoms. The standard InChI is InChI=1S/C13H22N2O/c1-11-5-4-6-12(9-11)16-8-7-15-10-13(2,3)14/h4-6,9,15H,7-8,10,14H2,1-3H3. The van der Waals surface area contributed by atoms with Crippen LogP contribution in [0.15, 0.2) is 24.3 Å². The molecule has 0 bridgehead atoms. The third-order valence-electron chi connectivity index (χ3n) is 2.12. The Bertz CT molecular complexity index is 318. The molecule has 3 N–H and O–H groups in total. The van der Waals surface area contributed by atoms with Crippen molar-refractivity contribution in [2.75, 3.05) is 19.7 Å². The Labute approximate surface area is 98.0 Å². The number of nitrogens with one attached hydrogen (secondary N) is 1. The minimum Gasteiger partial charge on any atom is -0.492 e. The van der Waals surface area contributed by atoms with Gasteiger partial charge in [-0.15, -0.1) is 0 Å². The van der Waals surface area contributed by atoms with Crippen molar-refractivity contribution in [3.05, 3.63) is 29.8 Å². The Kier molecular flexibility index (Phi) is 4.77. The molecular weight excluding hydrogens is 200 g/mol. The van der Waals surface area contributed by atoms with E-state index in [-0.39, 0.29) is 5.54 Å². The Morgan fingerprint density at radius 2 is 2.12 bits per heavy atom. The van der Waals surface area contributed by atoms with Crippen LogP contribution in [0.2, 0.25) is 0 Å². The van der Waals surface area contributed by atoms with Gasteiger partial charge in [-0.05, 0) is 38.5 Å². The summed E-state index contributed by atoms with van der Waals surface area (Å²) in [6.07, 6.45) is 0. The van der Waals surface area contributed by atoms with Crippen molar-refractivity contribution >= 4 is 0 Å². The normalized spacial score (nSPS) is 11.5. The first-order valence-electron chi connectivity index (χ1n) is 5.66. The zero-order valence-corrected chi connectivity index (χ0v) is 10.4. The number of hydrogen-bond acceptors (Lipinski definition) is 3. The van der Waals surface area contributed by atoms with E-state index in [0.29, 0.717) is 6.61 Å². The van der Waals surface area contributed by atoms with Crippen LogP contribution in [0, 0.1) is 6.92 Å². The molecule has 1 rings (SSSR count). The van der Waals surface area contributed by atoms with Crippen LogP contribution in [0.3, 0.4) is 0 Å². The summed E-state index contributed by atoms with van der Waals surface area (Å²) in [5, 5.41) is 3.26. The molecule has 1 aromatic rings. The van der Waals surface area contributed by atoms with E-state index in [0.717, 1.165) is 18.8 Å². The van der Waals surface area contributed by atoms with Gasteiger partial charge in [-0.2, -0.15) is 0 Å². The maximum absolute atomic E-state index is 5.85. The van der Waals surface area contributed by atoms with Gasteiger partial charge in [0.25, 0.3) is 0 Å². The molecule has 0 aliphatic carbocycles. The fourth-order valence-corrected chi connectivity index (χ4v) is 1.36. The Hall–Kier alpha value is -1.06. The Balaban J connectivity index is 2.17. The van der Waals surface area contributed by atoms with Crippen molar-refractivity contribution in [2.24, 2.45) is 5.73 Å². The van der Waals surface area contributed by atoms with Crippen molar-refractivity contribution in [3.8, 4) is 5.75 Å². The van der Waals surface area contributed by atoms with Crippen LogP contribution in [0.25, 0.3) is 0 Å². The van der Waals surface area contributed by atoms with Gasteiger partial charge in [0.05, 0.1) is 0 Å². The summed E-state index contributed by atoms with van der Waals surface area (Å²) in [6.45, 7) is 8.34. The average Bonchev–Trinajstić information content (AvgIpc) is 2.15. The number of hydrogen-bond donors (Lipinski definition) is 2. The predicted octanol–water partition coefficient (Wildman–Crippen LogP) is 1.70. The second-order valence-electron chi connectivity index (χ2n) is 4.83. The molecular formula is C13H22N2O. The molecule has 0 amide bonds. The quantitative estimate of drug-likeness (QED) is 0.720. The van der Waals surface area contributed by atoms with Crippen LogP contribution in [0.4, 0.5) is 0 Å². The molecule has 1 aromatic carbocycles. The van der Waals surface area contributed by atoms with E-state index in [1.165, 1.54) is 5.56 Å². The van der Waals surface area contributed by atoms with E-state index in [1.54, 1.807) is 0 Å². The lowest BCUT2D eigenvalue weighted by atomic mass is 10.1. The number of benzene rings is 1. The third kappa shape index (κ3) is 5.73. The molecule has 0 unspecified atom stereocenters. The molecule has 0 fully saturated rings. The molecule has 3 nitrogen and oxygen atoms in total. The molecule has 3 heteroatoms. The molecule has 0 aromatic heterocycles. The highest BCUT2D eigenvalue weighted by Crippen LogP contribution is 2.11. The Morgan fingerprint density at radius 3 is 2.75 bits per heavy atom. The summed E-state index contributed by atoms with van der Waals surface area (Å²) in [6, 6.07) is 8.07. The van der Waals surface area contributed by atoms with E-state index in [2.05, 4.69) is 18.3 Å². The SMILES string of the molecule is Cc1cccc(OCCNCC(C)(C)N)c1. The lowest BCUT2D eigenvalue weighted by Gasteiger charge is -2.19. The minimum atomic E-state index is -0.163. The van der Waals surface area contributed by atoms with Crippen LogP contribution < -0.4 is 15.8 Å². The largest absolute Gasteiger partial charge is 0.492 e. The van der Waals surface area contributed by atoms with Crippen LogP contribution in [-0.2, 0) is 0 Å². The first kappa shape index (κ1) is 13.0. The summed E-state index contributed by atoms with van der Waals surface area (Å²) >= 11 is 0. The summed E-state index contributed by atoms with van der Waals surface area (Å²) in [5.41, 5.74) is 6.90. The van der Waals surface area contributed by atoms with Gasteiger partial charge in [-0.1, -0.05) is 12.1 Å². The predicted molar refractivity (Wildman–Crippen MR) is 67.8 cm³/mol. The molecule has 0 saturated heterocycles. The first-order chi connectivity index (χ1) is 7.47. The lowest BCUT2D eigenvalue weighted by molar-refractivity contribution is 0.307. The molecule has 0 heterocycles. The number of aryl methyl sites for hydroxylation is 1. The van der Waals surface area contributed by atoms with Crippen molar-refractivity contribution in [2.45, 2.75) is 26.3 Å². The van der Waals surface area contributed by atoms with Gasteiger partial charge in [0.15, 0.2) is 0 Å². The molecule has 0 atom stereocenters. The molecule has 0 aliphatic heterocycles. The smallest absolute Gasteiger partial charge is 0.119 e. The van der Waals surface area contributed by atoms with Crippen LogP contribution in [-0.4, -0.2) is 25.2 Å². The minimum absolute atomic E-state index is 0.163. The highest BCUT2D eigenvalue weighted by molar-refractivity contribution is 5.27. The van der Waals surface area contributed by atoms with Crippen molar-refractivity contribution in [1.29, 1.82) is 0 Å². The van der Waals surface area contributed by atoms with E-state index >= 15 is 0 Å². The van der Waals surface area contributed by atoms with Gasteiger partial charge >= 0.3 is 0 Å². The van der Waals surface area contributed by atoms with Gasteiger partial charge in [-0.25, -0.2) is 0 Å². The summed E-state index contributed by atoms with van der Waals surface area (Å²) in [4.78, 5) is 0. The fraction of sp³-hybridized carbons (Fsp3) is 0.538. The highest BCUT2D eigenvalue weighted by atomic mass is 16.5. The fourth-order valence-electron chi connectivity index (χ4n) is 1.36. The number of ether oxygens (including phenoxy) is 1. The average molecular weight is 222 g/mol. The van der Waals surface area contributed by atoms with Crippen molar-refractivity contribution in [3.63, 3.8) is 0 Å². The van der Waals surface area contributed by atoms with Gasteiger partial charge in [0.1, 0.15) is 12.4 Å². The van der Waals surface area contributed by atoms with Gasteiger partial charge in [0.2, 0.25) is 0 Å². The van der Waals surface area contributed by atoms with E-state index in [9.17, 15) is 0 Å². The molecule has 16 heavy (non-hydrogen) atoms. The lowest BCUT2D eigenvalue weighted by Crippen LogP contribution is -2.44. The molecule has 90 valence electrons. The zero-order chi connectivity index (χ0) is 12.0. The summed E-state index contributed by atoms with van der Waals surface area (Å²) in [7, 11) is 0. The summed E-state index contributed by atoms with van der Waals surface area (Å²) in [5.74, 6) is 0.925. The highest BCUT2D eigenvalue weighted by Gasteiger charge is 2.08. The van der Waals surface area contributed by atoms with Crippen LogP contribution >= 0.6 is 0 Å². The topological polar surface area (TPSA) is 47.3 Å². The molecule has 0 radical (unpaired) electrons. The van der Waals surface area contributed by atoms with Crippen LogP contribution in [0.5, 0.6) is 5.75 Å². The first-order valence-corrected chi connectivity index (χ1v) is 5.66. The van der Waals surface area contributed by atoms with Crippen molar-refractivity contribution < 1.29 is 4.74 Å². The van der Waals surface area contributed by atoms with E-state index in [4.69, 9.17) is 10.5 Å². The molecule has 0 aliphatic rings. The Morgan fingerprint density at radius 1 is 1.38 bits per heavy atom. The van der Waals surface area contributed by atoms with Gasteiger partial charge < -0.3 is 15.8 Å².